The van der Waals surface area contributed by atoms with E-state index in [4.69, 9.17) is 4.74 Å². The molecule has 5 heteroatoms. The monoisotopic (exact) mass is 380 g/mol. The summed E-state index contributed by atoms with van der Waals surface area (Å²) >= 11 is 0. The SMILES string of the molecule is C[C@@H](Oc1ccccc1C(=O)N1CCCCC1)C(=O)NCCc1ccccc1. The van der Waals surface area contributed by atoms with Gasteiger partial charge < -0.3 is 15.0 Å². The number of carbonyl (C=O) groups is 2. The van der Waals surface area contributed by atoms with Crippen molar-refractivity contribution in [1.82, 2.24) is 10.2 Å². The summed E-state index contributed by atoms with van der Waals surface area (Å²) in [5.74, 6) is 0.256. The van der Waals surface area contributed by atoms with Crippen molar-refractivity contribution < 1.29 is 14.3 Å². The van der Waals surface area contributed by atoms with Gasteiger partial charge in [-0.1, -0.05) is 42.5 Å². The van der Waals surface area contributed by atoms with Crippen LogP contribution in [0.1, 0.15) is 42.1 Å². The third kappa shape index (κ3) is 5.35. The second-order valence-electron chi connectivity index (χ2n) is 7.14. The Morgan fingerprint density at radius 3 is 2.43 bits per heavy atom. The van der Waals surface area contributed by atoms with Crippen LogP contribution in [0.15, 0.2) is 54.6 Å². The summed E-state index contributed by atoms with van der Waals surface area (Å²) in [4.78, 5) is 27.1. The van der Waals surface area contributed by atoms with E-state index in [1.807, 2.05) is 47.4 Å². The van der Waals surface area contributed by atoms with Gasteiger partial charge in [-0.25, -0.2) is 0 Å². The maximum Gasteiger partial charge on any atom is 0.260 e. The first-order chi connectivity index (χ1) is 13.6. The first-order valence-electron chi connectivity index (χ1n) is 10.0. The van der Waals surface area contributed by atoms with E-state index in [0.29, 0.717) is 17.9 Å². The Hall–Kier alpha value is -2.82. The molecule has 0 saturated carbocycles. The highest BCUT2D eigenvalue weighted by atomic mass is 16.5. The molecule has 1 saturated heterocycles. The number of likely N-dealkylation sites (tertiary alicyclic amines) is 1. The highest BCUT2D eigenvalue weighted by Crippen LogP contribution is 2.23. The molecule has 0 spiro atoms. The number of rotatable bonds is 7. The van der Waals surface area contributed by atoms with E-state index in [2.05, 4.69) is 5.32 Å². The van der Waals surface area contributed by atoms with Crippen LogP contribution in [0.2, 0.25) is 0 Å². The van der Waals surface area contributed by atoms with Crippen molar-refractivity contribution in [3.8, 4) is 5.75 Å². The van der Waals surface area contributed by atoms with E-state index < -0.39 is 6.10 Å². The van der Waals surface area contributed by atoms with E-state index in [1.165, 1.54) is 12.0 Å². The fourth-order valence-electron chi connectivity index (χ4n) is 3.38. The van der Waals surface area contributed by atoms with Crippen LogP contribution < -0.4 is 10.1 Å². The molecule has 0 radical (unpaired) electrons. The fourth-order valence-corrected chi connectivity index (χ4v) is 3.38. The lowest BCUT2D eigenvalue weighted by molar-refractivity contribution is -0.127. The molecule has 0 bridgehead atoms. The van der Waals surface area contributed by atoms with Crippen molar-refractivity contribution in [3.05, 3.63) is 65.7 Å². The van der Waals surface area contributed by atoms with Gasteiger partial charge in [0.15, 0.2) is 6.10 Å². The third-order valence-electron chi connectivity index (χ3n) is 4.99. The molecule has 5 nitrogen and oxygen atoms in total. The smallest absolute Gasteiger partial charge is 0.260 e. The molecule has 0 unspecified atom stereocenters. The summed E-state index contributed by atoms with van der Waals surface area (Å²) in [7, 11) is 0. The lowest BCUT2D eigenvalue weighted by Crippen LogP contribution is -2.38. The predicted molar refractivity (Wildman–Crippen MR) is 109 cm³/mol. The van der Waals surface area contributed by atoms with Gasteiger partial charge in [-0.05, 0) is 50.3 Å². The van der Waals surface area contributed by atoms with Crippen molar-refractivity contribution >= 4 is 11.8 Å². The van der Waals surface area contributed by atoms with E-state index in [9.17, 15) is 9.59 Å². The lowest BCUT2D eigenvalue weighted by atomic mass is 10.1. The van der Waals surface area contributed by atoms with Crippen LogP contribution in [0.3, 0.4) is 0 Å². The standard InChI is InChI=1S/C23H28N2O3/c1-18(22(26)24-15-14-19-10-4-2-5-11-19)28-21-13-7-6-12-20(21)23(27)25-16-8-3-9-17-25/h2,4-7,10-13,18H,3,8-9,14-17H2,1H3,(H,24,26)/t18-/m1/s1. The maximum absolute atomic E-state index is 12.8. The summed E-state index contributed by atoms with van der Waals surface area (Å²) in [6.45, 7) is 3.82. The Morgan fingerprint density at radius 2 is 1.68 bits per heavy atom. The molecular formula is C23H28N2O3. The van der Waals surface area contributed by atoms with Crippen molar-refractivity contribution in [2.45, 2.75) is 38.7 Å². The number of nitrogens with one attached hydrogen (secondary N) is 1. The van der Waals surface area contributed by atoms with Crippen LogP contribution in [0, 0.1) is 0 Å². The Balaban J connectivity index is 1.56. The molecule has 28 heavy (non-hydrogen) atoms. The van der Waals surface area contributed by atoms with Crippen LogP contribution in [0.4, 0.5) is 0 Å². The maximum atomic E-state index is 12.8. The summed E-state index contributed by atoms with van der Waals surface area (Å²) in [6.07, 6.45) is 3.33. The summed E-state index contributed by atoms with van der Waals surface area (Å²) in [5, 5.41) is 2.90. The Labute approximate surface area is 166 Å². The number of piperidine rings is 1. The normalized spacial score (nSPS) is 15.0. The Bertz CT molecular complexity index is 785. The molecule has 1 N–H and O–H groups in total. The van der Waals surface area contributed by atoms with Crippen LogP contribution in [-0.4, -0.2) is 42.5 Å². The number of hydrogen-bond acceptors (Lipinski definition) is 3. The first-order valence-corrected chi connectivity index (χ1v) is 10.0. The van der Waals surface area contributed by atoms with Gasteiger partial charge >= 0.3 is 0 Å². The van der Waals surface area contributed by atoms with Gasteiger partial charge in [-0.3, -0.25) is 9.59 Å². The highest BCUT2D eigenvalue weighted by Gasteiger charge is 2.23. The number of hydrogen-bond donors (Lipinski definition) is 1. The molecule has 3 rings (SSSR count). The van der Waals surface area contributed by atoms with Gasteiger partial charge in [0.2, 0.25) is 0 Å². The van der Waals surface area contributed by atoms with E-state index in [-0.39, 0.29) is 11.8 Å². The van der Waals surface area contributed by atoms with E-state index in [1.54, 1.807) is 19.1 Å². The summed E-state index contributed by atoms with van der Waals surface area (Å²) < 4.78 is 5.86. The van der Waals surface area contributed by atoms with Crippen LogP contribution in [0.25, 0.3) is 0 Å². The van der Waals surface area contributed by atoms with Gasteiger partial charge in [0, 0.05) is 19.6 Å². The second-order valence-corrected chi connectivity index (χ2v) is 7.14. The zero-order chi connectivity index (χ0) is 19.8. The van der Waals surface area contributed by atoms with Gasteiger partial charge in [0.05, 0.1) is 5.56 Å². The molecular weight excluding hydrogens is 352 g/mol. The van der Waals surface area contributed by atoms with Crippen LogP contribution in [0.5, 0.6) is 5.75 Å². The minimum absolute atomic E-state index is 0.0213. The average molecular weight is 380 g/mol. The molecule has 2 aromatic rings. The molecule has 1 heterocycles. The largest absolute Gasteiger partial charge is 0.480 e. The zero-order valence-corrected chi connectivity index (χ0v) is 16.4. The lowest BCUT2D eigenvalue weighted by Gasteiger charge is -2.27. The number of benzene rings is 2. The average Bonchev–Trinajstić information content (AvgIpc) is 2.75. The topological polar surface area (TPSA) is 58.6 Å². The number of ether oxygens (including phenoxy) is 1. The van der Waals surface area contributed by atoms with Gasteiger partial charge in [0.25, 0.3) is 11.8 Å². The van der Waals surface area contributed by atoms with Crippen LogP contribution in [-0.2, 0) is 11.2 Å². The minimum Gasteiger partial charge on any atom is -0.480 e. The van der Waals surface area contributed by atoms with E-state index in [0.717, 1.165) is 32.4 Å². The Morgan fingerprint density at radius 1 is 1.00 bits per heavy atom. The number of para-hydroxylation sites is 1. The number of carbonyl (C=O) groups excluding carboxylic acids is 2. The second kappa shape index (κ2) is 9.93. The molecule has 2 aromatic carbocycles. The molecule has 1 aliphatic heterocycles. The molecule has 1 fully saturated rings. The van der Waals surface area contributed by atoms with Crippen molar-refractivity contribution in [2.75, 3.05) is 19.6 Å². The zero-order valence-electron chi connectivity index (χ0n) is 16.4. The van der Waals surface area contributed by atoms with Crippen molar-refractivity contribution in [3.63, 3.8) is 0 Å². The predicted octanol–water partition coefficient (Wildman–Crippen LogP) is 3.44. The summed E-state index contributed by atoms with van der Waals surface area (Å²) in [6, 6.07) is 17.2. The fraction of sp³-hybridized carbons (Fsp3) is 0.391. The molecule has 1 atom stereocenters. The highest BCUT2D eigenvalue weighted by molar-refractivity contribution is 5.97. The molecule has 2 amide bonds. The van der Waals surface area contributed by atoms with Gasteiger partial charge in [0.1, 0.15) is 5.75 Å². The number of nitrogens with zero attached hydrogens (tertiary/aromatic N) is 1. The van der Waals surface area contributed by atoms with Gasteiger partial charge in [-0.2, -0.15) is 0 Å². The van der Waals surface area contributed by atoms with Crippen molar-refractivity contribution in [1.29, 1.82) is 0 Å². The quantitative estimate of drug-likeness (QED) is 0.800. The van der Waals surface area contributed by atoms with Crippen molar-refractivity contribution in [2.24, 2.45) is 0 Å². The minimum atomic E-state index is -0.675. The first kappa shape index (κ1) is 19.9. The van der Waals surface area contributed by atoms with Gasteiger partial charge in [-0.15, -0.1) is 0 Å². The van der Waals surface area contributed by atoms with Crippen LogP contribution >= 0.6 is 0 Å². The summed E-state index contributed by atoms with van der Waals surface area (Å²) in [5.41, 5.74) is 1.70. The Kier molecular flexibility index (Phi) is 7.06. The number of amides is 2. The van der Waals surface area contributed by atoms with E-state index >= 15 is 0 Å². The molecule has 0 aliphatic carbocycles. The third-order valence-corrected chi connectivity index (χ3v) is 4.99. The molecule has 0 aromatic heterocycles. The molecule has 1 aliphatic rings. The molecule has 148 valence electrons.